The minimum Gasteiger partial charge on any atom is -0.496 e. The molecule has 0 aromatic heterocycles. The summed E-state index contributed by atoms with van der Waals surface area (Å²) in [6, 6.07) is 24.0. The van der Waals surface area contributed by atoms with Crippen molar-refractivity contribution in [1.82, 2.24) is 5.32 Å². The van der Waals surface area contributed by atoms with E-state index in [-0.39, 0.29) is 6.03 Å². The van der Waals surface area contributed by atoms with Crippen molar-refractivity contribution in [2.24, 2.45) is 4.99 Å². The summed E-state index contributed by atoms with van der Waals surface area (Å²) in [5, 5.41) is 2.87. The number of carbonyl (C=O) groups is 1. The van der Waals surface area contributed by atoms with Crippen LogP contribution in [0.4, 0.5) is 16.2 Å². The van der Waals surface area contributed by atoms with Crippen molar-refractivity contribution in [3.8, 4) is 5.75 Å². The number of urea groups is 1. The maximum atomic E-state index is 12.1. The number of para-hydroxylation sites is 3. The fourth-order valence-electron chi connectivity index (χ4n) is 3.40. The second-order valence-corrected chi connectivity index (χ2v) is 7.86. The zero-order valence-electron chi connectivity index (χ0n) is 16.7. The Morgan fingerprint density at radius 3 is 2.33 bits per heavy atom. The third kappa shape index (κ3) is 4.49. The minimum absolute atomic E-state index is 0.351. The van der Waals surface area contributed by atoms with Gasteiger partial charge in [0.25, 0.3) is 0 Å². The second-order valence-electron chi connectivity index (χ2n) is 6.77. The summed E-state index contributed by atoms with van der Waals surface area (Å²) in [4.78, 5) is 20.9. The van der Waals surface area contributed by atoms with E-state index < -0.39 is 0 Å². The van der Waals surface area contributed by atoms with E-state index in [4.69, 9.17) is 4.74 Å². The average Bonchev–Trinajstić information content (AvgIpc) is 2.80. The quantitative estimate of drug-likeness (QED) is 0.424. The van der Waals surface area contributed by atoms with Crippen molar-refractivity contribution in [3.63, 3.8) is 0 Å². The molecular weight excluding hydrogens is 394 g/mol. The van der Waals surface area contributed by atoms with Crippen molar-refractivity contribution >= 4 is 35.4 Å². The number of nitrogens with zero attached hydrogens (tertiary/aromatic N) is 2. The van der Waals surface area contributed by atoms with Gasteiger partial charge in [-0.25, -0.2) is 9.79 Å². The lowest BCUT2D eigenvalue weighted by Crippen LogP contribution is -2.27. The Labute approximate surface area is 180 Å². The molecule has 0 fully saturated rings. The number of hydrogen-bond donors (Lipinski definition) is 1. The van der Waals surface area contributed by atoms with Crippen molar-refractivity contribution in [3.05, 3.63) is 78.4 Å². The molecule has 0 aliphatic carbocycles. The van der Waals surface area contributed by atoms with Crippen molar-refractivity contribution in [2.45, 2.75) is 16.2 Å². The summed E-state index contributed by atoms with van der Waals surface area (Å²) in [7, 11) is 1.60. The largest absolute Gasteiger partial charge is 0.496 e. The van der Waals surface area contributed by atoms with Crippen molar-refractivity contribution in [1.29, 1.82) is 0 Å². The number of methoxy groups -OCH3 is 1. The van der Waals surface area contributed by atoms with Gasteiger partial charge in [-0.05, 0) is 42.8 Å². The highest BCUT2D eigenvalue weighted by molar-refractivity contribution is 7.99. The smallest absolute Gasteiger partial charge is 0.340 e. The van der Waals surface area contributed by atoms with Gasteiger partial charge in [-0.2, -0.15) is 0 Å². The zero-order valence-corrected chi connectivity index (χ0v) is 17.6. The SMILES string of the molecule is COc1ccccc1/C=N/C(=O)NCCCN1c2ccccc2Sc2ccccc21. The molecule has 0 saturated carbocycles. The molecule has 4 rings (SSSR count). The Balaban J connectivity index is 1.35. The number of ether oxygens (including phenoxy) is 1. The molecular formula is C24H23N3O2S. The summed E-state index contributed by atoms with van der Waals surface area (Å²) < 4.78 is 5.27. The number of nitrogens with one attached hydrogen (secondary N) is 1. The predicted octanol–water partition coefficient (Wildman–Crippen LogP) is 5.52. The molecule has 0 unspecified atom stereocenters. The third-order valence-corrected chi connectivity index (χ3v) is 5.96. The normalized spacial score (nSPS) is 12.4. The Morgan fingerprint density at radius 2 is 1.63 bits per heavy atom. The monoisotopic (exact) mass is 417 g/mol. The number of hydrogen-bond acceptors (Lipinski definition) is 4. The van der Waals surface area contributed by atoms with E-state index >= 15 is 0 Å². The first kappa shape index (κ1) is 20.0. The van der Waals surface area contributed by atoms with Crippen LogP contribution in [-0.2, 0) is 0 Å². The maximum absolute atomic E-state index is 12.1. The fourth-order valence-corrected chi connectivity index (χ4v) is 4.50. The van der Waals surface area contributed by atoms with Gasteiger partial charge < -0.3 is 15.0 Å². The van der Waals surface area contributed by atoms with Crippen LogP contribution in [0.15, 0.2) is 87.6 Å². The molecule has 30 heavy (non-hydrogen) atoms. The zero-order chi connectivity index (χ0) is 20.8. The van der Waals surface area contributed by atoms with Crippen LogP contribution in [0.2, 0.25) is 0 Å². The number of rotatable bonds is 6. The predicted molar refractivity (Wildman–Crippen MR) is 123 cm³/mol. The molecule has 5 nitrogen and oxygen atoms in total. The lowest BCUT2D eigenvalue weighted by molar-refractivity contribution is 0.249. The van der Waals surface area contributed by atoms with Crippen LogP contribution in [0.5, 0.6) is 5.75 Å². The molecule has 1 heterocycles. The number of benzene rings is 3. The van der Waals surface area contributed by atoms with Crippen LogP contribution in [0, 0.1) is 0 Å². The van der Waals surface area contributed by atoms with Gasteiger partial charge in [0.15, 0.2) is 0 Å². The van der Waals surface area contributed by atoms with Crippen molar-refractivity contribution in [2.75, 3.05) is 25.1 Å². The maximum Gasteiger partial charge on any atom is 0.340 e. The van der Waals surface area contributed by atoms with E-state index in [1.807, 2.05) is 24.3 Å². The lowest BCUT2D eigenvalue weighted by atomic mass is 10.2. The van der Waals surface area contributed by atoms with Crippen LogP contribution >= 0.6 is 11.8 Å². The molecule has 3 aromatic rings. The number of fused-ring (bicyclic) bond motifs is 2. The number of carbonyl (C=O) groups excluding carboxylic acids is 1. The van der Waals surface area contributed by atoms with E-state index in [0.29, 0.717) is 12.3 Å². The highest BCUT2D eigenvalue weighted by Gasteiger charge is 2.22. The molecule has 0 radical (unpaired) electrons. The highest BCUT2D eigenvalue weighted by Crippen LogP contribution is 2.47. The number of aliphatic imine (C=N–C) groups is 1. The summed E-state index contributed by atoms with van der Waals surface area (Å²) >= 11 is 1.80. The van der Waals surface area contributed by atoms with Crippen LogP contribution in [0.25, 0.3) is 0 Å². The average molecular weight is 418 g/mol. The summed E-state index contributed by atoms with van der Waals surface area (Å²) in [6.07, 6.45) is 2.34. The molecule has 1 aliphatic rings. The summed E-state index contributed by atoms with van der Waals surface area (Å²) in [6.45, 7) is 1.36. The van der Waals surface area contributed by atoms with E-state index in [2.05, 4.69) is 63.7 Å². The number of anilines is 2. The van der Waals surface area contributed by atoms with Gasteiger partial charge in [-0.1, -0.05) is 48.2 Å². The van der Waals surface area contributed by atoms with Crippen molar-refractivity contribution < 1.29 is 9.53 Å². The summed E-state index contributed by atoms with van der Waals surface area (Å²) in [5.74, 6) is 0.689. The van der Waals surface area contributed by atoms with Gasteiger partial charge in [0.1, 0.15) is 5.75 Å². The number of amides is 2. The van der Waals surface area contributed by atoms with E-state index in [0.717, 1.165) is 18.5 Å². The minimum atomic E-state index is -0.351. The van der Waals surface area contributed by atoms with Crippen LogP contribution in [0.1, 0.15) is 12.0 Å². The summed E-state index contributed by atoms with van der Waals surface area (Å²) in [5.41, 5.74) is 3.19. The van der Waals surface area contributed by atoms with Crippen LogP contribution < -0.4 is 15.0 Å². The molecule has 2 amide bonds. The van der Waals surface area contributed by atoms with E-state index in [1.165, 1.54) is 27.4 Å². The first-order valence-corrected chi connectivity index (χ1v) is 10.7. The van der Waals surface area contributed by atoms with Gasteiger partial charge in [-0.15, -0.1) is 0 Å². The van der Waals surface area contributed by atoms with E-state index in [9.17, 15) is 4.79 Å². The molecule has 0 bridgehead atoms. The molecule has 0 spiro atoms. The molecule has 152 valence electrons. The van der Waals surface area contributed by atoms with Gasteiger partial charge >= 0.3 is 6.03 Å². The molecule has 6 heteroatoms. The molecule has 0 atom stereocenters. The van der Waals surface area contributed by atoms with Crippen LogP contribution in [-0.4, -0.2) is 32.4 Å². The Hall–Kier alpha value is -3.25. The molecule has 1 N–H and O–H groups in total. The molecule has 3 aromatic carbocycles. The van der Waals surface area contributed by atoms with E-state index in [1.54, 1.807) is 18.9 Å². The first-order chi connectivity index (χ1) is 14.8. The Morgan fingerprint density at radius 1 is 1.00 bits per heavy atom. The Kier molecular flexibility index (Phi) is 6.35. The lowest BCUT2D eigenvalue weighted by Gasteiger charge is -2.32. The highest BCUT2D eigenvalue weighted by atomic mass is 32.2. The van der Waals surface area contributed by atoms with Gasteiger partial charge in [-0.3, -0.25) is 0 Å². The molecule has 0 saturated heterocycles. The topological polar surface area (TPSA) is 53.9 Å². The van der Waals surface area contributed by atoms with Gasteiger partial charge in [0.2, 0.25) is 0 Å². The van der Waals surface area contributed by atoms with Crippen LogP contribution in [0.3, 0.4) is 0 Å². The Bertz CT molecular complexity index is 1020. The standard InChI is InChI=1S/C24H23N3O2S/c1-29-21-12-5-2-9-18(21)17-26-24(28)25-15-8-16-27-19-10-3-6-13-22(19)30-23-14-7-4-11-20(23)27/h2-7,9-14,17H,8,15-16H2,1H3,(H,25,28)/b26-17+. The first-order valence-electron chi connectivity index (χ1n) is 9.84. The third-order valence-electron chi connectivity index (χ3n) is 4.83. The molecule has 1 aliphatic heterocycles. The fraction of sp³-hybridized carbons (Fsp3) is 0.167. The second kappa shape index (κ2) is 9.50. The van der Waals surface area contributed by atoms with Gasteiger partial charge in [0, 0.05) is 34.7 Å². The van der Waals surface area contributed by atoms with Gasteiger partial charge in [0.05, 0.1) is 18.5 Å².